The smallest absolute Gasteiger partial charge is 0.271 e. The van der Waals surface area contributed by atoms with E-state index < -0.39 is 0 Å². The van der Waals surface area contributed by atoms with Gasteiger partial charge in [-0.25, -0.2) is 4.68 Å². The minimum atomic E-state index is -0.217. The number of amides is 1. The van der Waals surface area contributed by atoms with Crippen molar-refractivity contribution in [3.63, 3.8) is 0 Å². The van der Waals surface area contributed by atoms with Crippen LogP contribution >= 0.6 is 27.5 Å². The SMILES string of the molecule is O=C(NCCCn1cc(Cl)cn1)c1ccn(COc2ccc(Br)cc2)n1. The Morgan fingerprint density at radius 2 is 2.04 bits per heavy atom. The number of aryl methyl sites for hydroxylation is 1. The van der Waals surface area contributed by atoms with E-state index in [2.05, 4.69) is 31.4 Å². The van der Waals surface area contributed by atoms with E-state index in [-0.39, 0.29) is 12.6 Å². The van der Waals surface area contributed by atoms with Gasteiger partial charge in [0.1, 0.15) is 11.4 Å². The van der Waals surface area contributed by atoms with Gasteiger partial charge in [-0.3, -0.25) is 9.48 Å². The molecule has 1 N–H and O–H groups in total. The largest absolute Gasteiger partial charge is 0.471 e. The summed E-state index contributed by atoms with van der Waals surface area (Å²) in [6.07, 6.45) is 5.79. The molecule has 0 atom stereocenters. The summed E-state index contributed by atoms with van der Waals surface area (Å²) in [6.45, 7) is 1.44. The van der Waals surface area contributed by atoms with Crippen molar-refractivity contribution in [1.29, 1.82) is 0 Å². The predicted octanol–water partition coefficient (Wildman–Crippen LogP) is 3.35. The normalized spacial score (nSPS) is 10.7. The highest BCUT2D eigenvalue weighted by Crippen LogP contribution is 2.16. The fourth-order valence-corrected chi connectivity index (χ4v) is 2.64. The summed E-state index contributed by atoms with van der Waals surface area (Å²) in [5.74, 6) is 0.513. The molecule has 3 aromatic rings. The summed E-state index contributed by atoms with van der Waals surface area (Å²) in [6, 6.07) is 9.17. The van der Waals surface area contributed by atoms with Crippen molar-refractivity contribution < 1.29 is 9.53 Å². The molecule has 0 spiro atoms. The minimum Gasteiger partial charge on any atom is -0.471 e. The van der Waals surface area contributed by atoms with Gasteiger partial charge in [0.05, 0.1) is 11.2 Å². The predicted molar refractivity (Wildman–Crippen MR) is 101 cm³/mol. The van der Waals surface area contributed by atoms with Gasteiger partial charge in [0.15, 0.2) is 6.73 Å². The zero-order valence-electron chi connectivity index (χ0n) is 13.8. The first-order chi connectivity index (χ1) is 12.6. The third-order valence-electron chi connectivity index (χ3n) is 3.50. The number of rotatable bonds is 8. The van der Waals surface area contributed by atoms with E-state index in [1.807, 2.05) is 24.3 Å². The summed E-state index contributed by atoms with van der Waals surface area (Å²) in [5.41, 5.74) is 0.353. The van der Waals surface area contributed by atoms with Crippen molar-refractivity contribution in [3.8, 4) is 5.75 Å². The third kappa shape index (κ3) is 5.34. The Morgan fingerprint density at radius 1 is 1.23 bits per heavy atom. The van der Waals surface area contributed by atoms with Crippen LogP contribution in [0.4, 0.5) is 0 Å². The standard InChI is InChI=1S/C17H17BrClN5O2/c18-13-2-4-15(5-3-13)26-12-24-9-6-16(22-24)17(25)20-7-1-8-23-11-14(19)10-21-23/h2-6,9-11H,1,7-8,12H2,(H,20,25). The van der Waals surface area contributed by atoms with Crippen molar-refractivity contribution in [3.05, 3.63) is 64.1 Å². The summed E-state index contributed by atoms with van der Waals surface area (Å²) in [7, 11) is 0. The van der Waals surface area contributed by atoms with Crippen molar-refractivity contribution in [2.75, 3.05) is 6.54 Å². The number of halogens is 2. The van der Waals surface area contributed by atoms with Gasteiger partial charge in [-0.2, -0.15) is 10.2 Å². The summed E-state index contributed by atoms with van der Waals surface area (Å²) < 4.78 is 9.91. The quantitative estimate of drug-likeness (QED) is 0.547. The lowest BCUT2D eigenvalue weighted by molar-refractivity contribution is 0.0945. The summed E-state index contributed by atoms with van der Waals surface area (Å²) in [4.78, 5) is 12.1. The molecule has 136 valence electrons. The van der Waals surface area contributed by atoms with Crippen LogP contribution in [-0.4, -0.2) is 32.0 Å². The molecule has 1 amide bonds. The Morgan fingerprint density at radius 3 is 2.77 bits per heavy atom. The van der Waals surface area contributed by atoms with Crippen LogP contribution in [0.1, 0.15) is 16.9 Å². The number of nitrogens with one attached hydrogen (secondary N) is 1. The zero-order chi connectivity index (χ0) is 18.4. The fourth-order valence-electron chi connectivity index (χ4n) is 2.22. The molecule has 0 bridgehead atoms. The van der Waals surface area contributed by atoms with Gasteiger partial charge in [-0.05, 0) is 36.8 Å². The number of ether oxygens (including phenoxy) is 1. The molecule has 0 aliphatic rings. The topological polar surface area (TPSA) is 74.0 Å². The van der Waals surface area contributed by atoms with E-state index in [0.717, 1.165) is 16.6 Å². The highest BCUT2D eigenvalue weighted by atomic mass is 79.9. The van der Waals surface area contributed by atoms with E-state index in [1.54, 1.807) is 34.0 Å². The van der Waals surface area contributed by atoms with Gasteiger partial charge >= 0.3 is 0 Å². The Hall–Kier alpha value is -2.32. The van der Waals surface area contributed by atoms with Crippen molar-refractivity contribution in [2.24, 2.45) is 0 Å². The zero-order valence-corrected chi connectivity index (χ0v) is 16.2. The van der Waals surface area contributed by atoms with Crippen LogP contribution in [0.3, 0.4) is 0 Å². The van der Waals surface area contributed by atoms with E-state index >= 15 is 0 Å². The second-order valence-corrected chi connectivity index (χ2v) is 6.85. The first-order valence-electron chi connectivity index (χ1n) is 7.98. The maximum Gasteiger partial charge on any atom is 0.271 e. The molecule has 0 radical (unpaired) electrons. The van der Waals surface area contributed by atoms with Crippen LogP contribution in [0.2, 0.25) is 5.02 Å². The number of nitrogens with zero attached hydrogens (tertiary/aromatic N) is 4. The Kier molecular flexibility index (Phi) is 6.30. The molecular weight excluding hydrogens is 422 g/mol. The van der Waals surface area contributed by atoms with Gasteiger partial charge in [0.2, 0.25) is 0 Å². The maximum atomic E-state index is 12.1. The number of hydrogen-bond acceptors (Lipinski definition) is 4. The van der Waals surface area contributed by atoms with Crippen LogP contribution in [-0.2, 0) is 13.3 Å². The molecule has 0 aliphatic heterocycles. The molecule has 1 aromatic carbocycles. The number of benzene rings is 1. The van der Waals surface area contributed by atoms with Gasteiger partial charge in [-0.15, -0.1) is 0 Å². The molecule has 7 nitrogen and oxygen atoms in total. The number of hydrogen-bond donors (Lipinski definition) is 1. The van der Waals surface area contributed by atoms with Crippen molar-refractivity contribution in [2.45, 2.75) is 19.7 Å². The average molecular weight is 439 g/mol. The third-order valence-corrected chi connectivity index (χ3v) is 4.23. The molecule has 0 saturated carbocycles. The van der Waals surface area contributed by atoms with Crippen molar-refractivity contribution >= 4 is 33.4 Å². The average Bonchev–Trinajstić information content (AvgIpc) is 3.27. The highest BCUT2D eigenvalue weighted by Gasteiger charge is 2.09. The molecule has 9 heteroatoms. The lowest BCUT2D eigenvalue weighted by Crippen LogP contribution is -2.26. The van der Waals surface area contributed by atoms with Crippen LogP contribution in [0.25, 0.3) is 0 Å². The van der Waals surface area contributed by atoms with Crippen LogP contribution in [0.15, 0.2) is 53.4 Å². The molecule has 0 fully saturated rings. The number of carbonyl (C=O) groups is 1. The first-order valence-corrected chi connectivity index (χ1v) is 9.15. The lowest BCUT2D eigenvalue weighted by Gasteiger charge is -2.06. The van der Waals surface area contributed by atoms with Crippen LogP contribution in [0.5, 0.6) is 5.75 Å². The van der Waals surface area contributed by atoms with Crippen LogP contribution in [0, 0.1) is 0 Å². The van der Waals surface area contributed by atoms with Crippen molar-refractivity contribution in [1.82, 2.24) is 24.9 Å². The molecule has 3 rings (SSSR count). The van der Waals surface area contributed by atoms with Gasteiger partial charge in [0, 0.05) is 30.0 Å². The fraction of sp³-hybridized carbons (Fsp3) is 0.235. The Labute approximate surface area is 164 Å². The maximum absolute atomic E-state index is 12.1. The van der Waals surface area contributed by atoms with Gasteiger partial charge in [-0.1, -0.05) is 27.5 Å². The van der Waals surface area contributed by atoms with E-state index in [1.165, 1.54) is 0 Å². The number of aromatic nitrogens is 4. The molecule has 26 heavy (non-hydrogen) atoms. The molecule has 0 saturated heterocycles. The van der Waals surface area contributed by atoms with E-state index in [0.29, 0.717) is 23.8 Å². The Bertz CT molecular complexity index is 862. The molecular formula is C17H17BrClN5O2. The van der Waals surface area contributed by atoms with Gasteiger partial charge < -0.3 is 10.1 Å². The second-order valence-electron chi connectivity index (χ2n) is 5.50. The molecule has 0 aliphatic carbocycles. The monoisotopic (exact) mass is 437 g/mol. The summed E-state index contributed by atoms with van der Waals surface area (Å²) >= 11 is 9.17. The number of carbonyl (C=O) groups excluding carboxylic acids is 1. The molecule has 2 aromatic heterocycles. The van der Waals surface area contributed by atoms with E-state index in [9.17, 15) is 4.79 Å². The minimum absolute atomic E-state index is 0.217. The van der Waals surface area contributed by atoms with E-state index in [4.69, 9.17) is 16.3 Å². The van der Waals surface area contributed by atoms with Crippen LogP contribution < -0.4 is 10.1 Å². The van der Waals surface area contributed by atoms with Gasteiger partial charge in [0.25, 0.3) is 5.91 Å². The molecule has 0 unspecified atom stereocenters. The lowest BCUT2D eigenvalue weighted by atomic mass is 10.3. The first kappa shape index (κ1) is 18.5. The summed E-state index contributed by atoms with van der Waals surface area (Å²) in [5, 5.41) is 11.7. The highest BCUT2D eigenvalue weighted by molar-refractivity contribution is 9.10. The second kappa shape index (κ2) is 8.86. The molecule has 2 heterocycles. The Balaban J connectivity index is 1.41.